The summed E-state index contributed by atoms with van der Waals surface area (Å²) in [7, 11) is 1.77. The number of benzene rings is 1. The second-order valence-corrected chi connectivity index (χ2v) is 4.99. The maximum Gasteiger partial charge on any atom is 0.213 e. The summed E-state index contributed by atoms with van der Waals surface area (Å²) in [5.41, 5.74) is 0.715. The van der Waals surface area contributed by atoms with E-state index >= 15 is 0 Å². The number of aliphatic hydroxyl groups excluding tert-OH is 1. The number of hydrogen-bond acceptors (Lipinski definition) is 5. The van der Waals surface area contributed by atoms with Gasteiger partial charge in [-0.2, -0.15) is 0 Å². The summed E-state index contributed by atoms with van der Waals surface area (Å²) in [6, 6.07) is 5.48. The molecule has 90 valence electrons. The molecule has 17 heavy (non-hydrogen) atoms. The molecule has 1 heterocycles. The second kappa shape index (κ2) is 5.03. The minimum absolute atomic E-state index is 0.542. The Balaban J connectivity index is 2.24. The maximum absolute atomic E-state index is 9.47. The zero-order chi connectivity index (χ0) is 12.4. The van der Waals surface area contributed by atoms with Gasteiger partial charge in [-0.05, 0) is 46.8 Å². The molecule has 0 radical (unpaired) electrons. The van der Waals surface area contributed by atoms with Gasteiger partial charge in [0.15, 0.2) is 0 Å². The highest BCUT2D eigenvalue weighted by atomic mass is 35.5. The van der Waals surface area contributed by atoms with Crippen molar-refractivity contribution in [2.24, 2.45) is 7.05 Å². The zero-order valence-electron chi connectivity index (χ0n) is 9.33. The highest BCUT2D eigenvalue weighted by Crippen LogP contribution is 2.31. The number of hydrogen-bond donors (Lipinski definition) is 1. The van der Waals surface area contributed by atoms with Gasteiger partial charge in [0.1, 0.15) is 0 Å². The number of aromatic nitrogens is 4. The molecular formula is C10H11ClN4OS. The molecule has 0 amide bonds. The summed E-state index contributed by atoms with van der Waals surface area (Å²) in [4.78, 5) is 0.928. The van der Waals surface area contributed by atoms with Crippen molar-refractivity contribution in [2.45, 2.75) is 23.1 Å². The lowest BCUT2D eigenvalue weighted by atomic mass is 10.1. The van der Waals surface area contributed by atoms with Crippen LogP contribution in [0.15, 0.2) is 28.3 Å². The standard InChI is InChI=1S/C10H11ClN4OS/c1-6(16)8-4-3-7(5-9(8)11)17-10-12-13-14-15(10)2/h3-6,16H,1-2H3. The van der Waals surface area contributed by atoms with E-state index in [1.807, 2.05) is 6.07 Å². The zero-order valence-corrected chi connectivity index (χ0v) is 10.9. The summed E-state index contributed by atoms with van der Waals surface area (Å²) in [5.74, 6) is 0. The fourth-order valence-electron chi connectivity index (χ4n) is 1.32. The normalized spacial score (nSPS) is 12.7. The highest BCUT2D eigenvalue weighted by molar-refractivity contribution is 7.99. The lowest BCUT2D eigenvalue weighted by molar-refractivity contribution is 0.199. The first-order valence-electron chi connectivity index (χ1n) is 4.95. The Labute approximate surface area is 108 Å². The molecule has 2 aromatic rings. The molecular weight excluding hydrogens is 260 g/mol. The third-order valence-electron chi connectivity index (χ3n) is 2.21. The van der Waals surface area contributed by atoms with E-state index in [0.717, 1.165) is 4.90 Å². The van der Waals surface area contributed by atoms with Gasteiger partial charge in [0, 0.05) is 17.0 Å². The quantitative estimate of drug-likeness (QED) is 0.925. The first-order chi connectivity index (χ1) is 8.08. The molecule has 7 heteroatoms. The number of rotatable bonds is 3. The van der Waals surface area contributed by atoms with Gasteiger partial charge in [-0.3, -0.25) is 0 Å². The van der Waals surface area contributed by atoms with Crippen molar-refractivity contribution >= 4 is 23.4 Å². The average molecular weight is 271 g/mol. The van der Waals surface area contributed by atoms with Crippen LogP contribution in [0.2, 0.25) is 5.02 Å². The molecule has 0 spiro atoms. The molecule has 0 aliphatic carbocycles. The van der Waals surface area contributed by atoms with Crippen molar-refractivity contribution in [1.29, 1.82) is 0 Å². The molecule has 0 aliphatic rings. The van der Waals surface area contributed by atoms with Gasteiger partial charge in [-0.25, -0.2) is 4.68 Å². The Hall–Kier alpha value is -1.11. The summed E-state index contributed by atoms with van der Waals surface area (Å²) in [6.07, 6.45) is -0.571. The highest BCUT2D eigenvalue weighted by Gasteiger charge is 2.09. The fraction of sp³-hybridized carbons (Fsp3) is 0.300. The minimum Gasteiger partial charge on any atom is -0.389 e. The Kier molecular flexibility index (Phi) is 3.66. The molecule has 1 aromatic heterocycles. The van der Waals surface area contributed by atoms with Crippen LogP contribution in [0.4, 0.5) is 0 Å². The summed E-state index contributed by atoms with van der Waals surface area (Å²) >= 11 is 7.49. The molecule has 0 bridgehead atoms. The molecule has 1 unspecified atom stereocenters. The molecule has 0 saturated carbocycles. The fourth-order valence-corrected chi connectivity index (χ4v) is 2.50. The molecule has 1 atom stereocenters. The molecule has 1 N–H and O–H groups in total. The average Bonchev–Trinajstić information content (AvgIpc) is 2.64. The summed E-state index contributed by atoms with van der Waals surface area (Å²) in [5, 5.41) is 21.9. The molecule has 0 aliphatic heterocycles. The van der Waals surface area contributed by atoms with Crippen LogP contribution in [0.25, 0.3) is 0 Å². The predicted molar refractivity (Wildman–Crippen MR) is 65.0 cm³/mol. The van der Waals surface area contributed by atoms with Gasteiger partial charge < -0.3 is 5.11 Å². The smallest absolute Gasteiger partial charge is 0.213 e. The van der Waals surface area contributed by atoms with Crippen LogP contribution in [0.3, 0.4) is 0 Å². The molecule has 0 saturated heterocycles. The third-order valence-corrected chi connectivity index (χ3v) is 3.56. The van der Waals surface area contributed by atoms with Crippen LogP contribution in [-0.4, -0.2) is 25.3 Å². The summed E-state index contributed by atoms with van der Waals surface area (Å²) < 4.78 is 1.58. The van der Waals surface area contributed by atoms with E-state index in [2.05, 4.69) is 15.5 Å². The number of tetrazole rings is 1. The van der Waals surface area contributed by atoms with Gasteiger partial charge in [-0.1, -0.05) is 17.7 Å². The van der Waals surface area contributed by atoms with Crippen LogP contribution in [0.1, 0.15) is 18.6 Å². The Morgan fingerprint density at radius 2 is 2.24 bits per heavy atom. The van der Waals surface area contributed by atoms with Crippen LogP contribution >= 0.6 is 23.4 Å². The second-order valence-electron chi connectivity index (χ2n) is 3.55. The van der Waals surface area contributed by atoms with Crippen LogP contribution in [0.5, 0.6) is 0 Å². The van der Waals surface area contributed by atoms with Crippen LogP contribution in [-0.2, 0) is 7.05 Å². The first-order valence-corrected chi connectivity index (χ1v) is 6.15. The minimum atomic E-state index is -0.571. The Morgan fingerprint density at radius 3 is 2.76 bits per heavy atom. The van der Waals surface area contributed by atoms with E-state index in [-0.39, 0.29) is 0 Å². The topological polar surface area (TPSA) is 63.8 Å². The van der Waals surface area contributed by atoms with Crippen molar-refractivity contribution in [2.75, 3.05) is 0 Å². The molecule has 0 fully saturated rings. The van der Waals surface area contributed by atoms with Gasteiger partial charge >= 0.3 is 0 Å². The van der Waals surface area contributed by atoms with Gasteiger partial charge in [0.25, 0.3) is 0 Å². The van der Waals surface area contributed by atoms with Crippen LogP contribution < -0.4 is 0 Å². The molecule has 1 aromatic carbocycles. The van der Waals surface area contributed by atoms with E-state index in [0.29, 0.717) is 15.7 Å². The van der Waals surface area contributed by atoms with Crippen LogP contribution in [0, 0.1) is 0 Å². The van der Waals surface area contributed by atoms with Gasteiger partial charge in [0.2, 0.25) is 5.16 Å². The first kappa shape index (κ1) is 12.3. The Bertz CT molecular complexity index is 529. The van der Waals surface area contributed by atoms with E-state index in [9.17, 15) is 5.11 Å². The Morgan fingerprint density at radius 1 is 1.47 bits per heavy atom. The van der Waals surface area contributed by atoms with Gasteiger partial charge in [-0.15, -0.1) is 5.10 Å². The van der Waals surface area contributed by atoms with Crippen molar-refractivity contribution < 1.29 is 5.11 Å². The van der Waals surface area contributed by atoms with E-state index < -0.39 is 6.10 Å². The third kappa shape index (κ3) is 2.77. The van der Waals surface area contributed by atoms with E-state index in [4.69, 9.17) is 11.6 Å². The lowest BCUT2D eigenvalue weighted by Gasteiger charge is -2.08. The summed E-state index contributed by atoms with van der Waals surface area (Å²) in [6.45, 7) is 1.68. The number of aliphatic hydroxyl groups is 1. The number of nitrogens with zero attached hydrogens (tertiary/aromatic N) is 4. The predicted octanol–water partition coefficient (Wildman–Crippen LogP) is 2.07. The van der Waals surface area contributed by atoms with Crippen molar-refractivity contribution in [1.82, 2.24) is 20.2 Å². The lowest BCUT2D eigenvalue weighted by Crippen LogP contribution is -1.94. The van der Waals surface area contributed by atoms with Crippen molar-refractivity contribution in [3.8, 4) is 0 Å². The SMILES string of the molecule is CC(O)c1ccc(Sc2nnnn2C)cc1Cl. The van der Waals surface area contributed by atoms with E-state index in [1.165, 1.54) is 11.8 Å². The van der Waals surface area contributed by atoms with Crippen molar-refractivity contribution in [3.63, 3.8) is 0 Å². The molecule has 5 nitrogen and oxygen atoms in total. The molecule has 2 rings (SSSR count). The van der Waals surface area contributed by atoms with Gasteiger partial charge in [0.05, 0.1) is 6.10 Å². The number of aryl methyl sites for hydroxylation is 1. The number of halogens is 1. The monoisotopic (exact) mass is 270 g/mol. The largest absolute Gasteiger partial charge is 0.389 e. The maximum atomic E-state index is 9.47. The van der Waals surface area contributed by atoms with Crippen molar-refractivity contribution in [3.05, 3.63) is 28.8 Å². The van der Waals surface area contributed by atoms with E-state index in [1.54, 1.807) is 30.8 Å².